The Balaban J connectivity index is 1.44. The van der Waals surface area contributed by atoms with E-state index in [2.05, 4.69) is 15.0 Å². The monoisotopic (exact) mass is 450 g/mol. The fraction of sp³-hybridized carbons (Fsp3) is 0.381. The van der Waals surface area contributed by atoms with Gasteiger partial charge in [0.05, 0.1) is 17.2 Å². The Hall–Kier alpha value is -2.72. The van der Waals surface area contributed by atoms with Crippen molar-refractivity contribution in [3.05, 3.63) is 58.1 Å². The smallest absolute Gasteiger partial charge is 0.337 e. The molecular formula is C21H21F3N4O2S. The Morgan fingerprint density at radius 3 is 2.77 bits per heavy atom. The number of benzene rings is 1. The zero-order chi connectivity index (χ0) is 22.0. The maximum Gasteiger partial charge on any atom is 0.416 e. The first-order valence-electron chi connectivity index (χ1n) is 9.89. The molecule has 3 aromatic rings. The maximum absolute atomic E-state index is 13.0. The van der Waals surface area contributed by atoms with Gasteiger partial charge in [-0.2, -0.15) is 29.5 Å². The van der Waals surface area contributed by atoms with Gasteiger partial charge in [0.15, 0.2) is 0 Å². The summed E-state index contributed by atoms with van der Waals surface area (Å²) in [4.78, 5) is 20.9. The predicted molar refractivity (Wildman–Crippen MR) is 110 cm³/mol. The summed E-state index contributed by atoms with van der Waals surface area (Å²) in [5.74, 6) is 0.488. The minimum absolute atomic E-state index is 0.0281. The Bertz CT molecular complexity index is 1040. The van der Waals surface area contributed by atoms with Crippen LogP contribution in [0.3, 0.4) is 0 Å². The number of hydrogen-bond donors (Lipinski definition) is 0. The second-order valence-electron chi connectivity index (χ2n) is 7.40. The van der Waals surface area contributed by atoms with Crippen molar-refractivity contribution in [3.63, 3.8) is 0 Å². The number of halogens is 3. The van der Waals surface area contributed by atoms with Crippen molar-refractivity contribution in [3.8, 4) is 11.4 Å². The number of carbonyl (C=O) groups excluding carboxylic acids is 1. The highest BCUT2D eigenvalue weighted by Gasteiger charge is 2.31. The lowest BCUT2D eigenvalue weighted by molar-refractivity contribution is -0.137. The van der Waals surface area contributed by atoms with E-state index < -0.39 is 11.7 Å². The highest BCUT2D eigenvalue weighted by Crippen LogP contribution is 2.32. The molecule has 4 rings (SSSR count). The van der Waals surface area contributed by atoms with E-state index in [0.29, 0.717) is 31.1 Å². The van der Waals surface area contributed by atoms with Crippen molar-refractivity contribution >= 4 is 17.2 Å². The van der Waals surface area contributed by atoms with Gasteiger partial charge in [-0.05, 0) is 36.9 Å². The van der Waals surface area contributed by atoms with Crippen molar-refractivity contribution in [2.24, 2.45) is 0 Å². The van der Waals surface area contributed by atoms with Crippen LogP contribution in [-0.2, 0) is 6.18 Å². The molecule has 10 heteroatoms. The molecule has 0 aliphatic carbocycles. The van der Waals surface area contributed by atoms with E-state index in [1.165, 1.54) is 23.5 Å². The highest BCUT2D eigenvalue weighted by molar-refractivity contribution is 7.08. The topological polar surface area (TPSA) is 62.5 Å². The van der Waals surface area contributed by atoms with Crippen LogP contribution in [0.4, 0.5) is 13.2 Å². The summed E-state index contributed by atoms with van der Waals surface area (Å²) in [7, 11) is 0. The number of alkyl halides is 3. The number of nitrogens with zero attached hydrogens (tertiary/aromatic N) is 4. The first-order chi connectivity index (χ1) is 14.8. The molecule has 1 atom stereocenters. The van der Waals surface area contributed by atoms with Gasteiger partial charge in [0.2, 0.25) is 11.7 Å². The molecule has 1 saturated heterocycles. The molecule has 1 aromatic carbocycles. The number of carbonyl (C=O) groups is 1. The minimum atomic E-state index is -4.44. The summed E-state index contributed by atoms with van der Waals surface area (Å²) in [6.07, 6.45) is -3.64. The minimum Gasteiger partial charge on any atom is -0.337 e. The number of aromatic nitrogens is 2. The van der Waals surface area contributed by atoms with Gasteiger partial charge >= 0.3 is 6.18 Å². The molecule has 0 saturated carbocycles. The van der Waals surface area contributed by atoms with E-state index in [1.807, 2.05) is 28.7 Å². The van der Waals surface area contributed by atoms with E-state index in [0.717, 1.165) is 25.1 Å². The van der Waals surface area contributed by atoms with E-state index >= 15 is 0 Å². The zero-order valence-electron chi connectivity index (χ0n) is 16.8. The SMILES string of the molecule is CC(c1nc(-c2cccc(C(F)(F)F)c2)no1)N1CCCN(C(=O)c2ccsc2)CC1. The van der Waals surface area contributed by atoms with Gasteiger partial charge in [0, 0.05) is 37.1 Å². The normalized spacial score (nSPS) is 16.8. The third kappa shape index (κ3) is 4.80. The van der Waals surface area contributed by atoms with Gasteiger partial charge in [-0.15, -0.1) is 0 Å². The molecule has 31 heavy (non-hydrogen) atoms. The molecule has 0 spiro atoms. The summed E-state index contributed by atoms with van der Waals surface area (Å²) in [5, 5.41) is 7.62. The highest BCUT2D eigenvalue weighted by atomic mass is 32.1. The summed E-state index contributed by atoms with van der Waals surface area (Å²) >= 11 is 1.49. The Labute approximate surface area is 181 Å². The lowest BCUT2D eigenvalue weighted by Crippen LogP contribution is -2.35. The molecule has 164 valence electrons. The van der Waals surface area contributed by atoms with Crippen LogP contribution in [-0.4, -0.2) is 52.0 Å². The zero-order valence-corrected chi connectivity index (χ0v) is 17.6. The molecule has 1 amide bonds. The van der Waals surface area contributed by atoms with Crippen molar-refractivity contribution in [2.45, 2.75) is 25.6 Å². The van der Waals surface area contributed by atoms with Crippen LogP contribution in [0.1, 0.15) is 41.2 Å². The Morgan fingerprint density at radius 2 is 2.03 bits per heavy atom. The molecule has 1 aliphatic rings. The van der Waals surface area contributed by atoms with Crippen LogP contribution >= 0.6 is 11.3 Å². The van der Waals surface area contributed by atoms with Gasteiger partial charge in [0.25, 0.3) is 5.91 Å². The summed E-state index contributed by atoms with van der Waals surface area (Å²) < 4.78 is 44.3. The first-order valence-corrected chi connectivity index (χ1v) is 10.8. The van der Waals surface area contributed by atoms with E-state index in [9.17, 15) is 18.0 Å². The molecule has 0 N–H and O–H groups in total. The van der Waals surface area contributed by atoms with E-state index in [4.69, 9.17) is 4.52 Å². The van der Waals surface area contributed by atoms with Crippen LogP contribution in [0, 0.1) is 0 Å². The summed E-state index contributed by atoms with van der Waals surface area (Å²) in [5.41, 5.74) is 0.196. The van der Waals surface area contributed by atoms with Gasteiger partial charge in [-0.25, -0.2) is 0 Å². The fourth-order valence-electron chi connectivity index (χ4n) is 3.61. The van der Waals surface area contributed by atoms with Crippen molar-refractivity contribution in [1.29, 1.82) is 0 Å². The molecule has 1 aliphatic heterocycles. The molecule has 2 aromatic heterocycles. The van der Waals surface area contributed by atoms with E-state index in [1.54, 1.807) is 0 Å². The molecule has 1 fully saturated rings. The molecule has 3 heterocycles. The maximum atomic E-state index is 13.0. The molecule has 1 unspecified atom stereocenters. The van der Waals surface area contributed by atoms with Gasteiger partial charge < -0.3 is 9.42 Å². The summed E-state index contributed by atoms with van der Waals surface area (Å²) in [6, 6.07) is 6.47. The second kappa shape index (κ2) is 8.80. The number of hydrogen-bond acceptors (Lipinski definition) is 6. The number of amides is 1. The number of thiophene rings is 1. The van der Waals surface area contributed by atoms with Crippen LogP contribution in [0.25, 0.3) is 11.4 Å². The lowest BCUT2D eigenvalue weighted by Gasteiger charge is -2.25. The second-order valence-corrected chi connectivity index (χ2v) is 8.18. The third-order valence-corrected chi connectivity index (χ3v) is 6.06. The molecule has 6 nitrogen and oxygen atoms in total. The first kappa shape index (κ1) is 21.5. The van der Waals surface area contributed by atoms with Crippen LogP contribution in [0.15, 0.2) is 45.6 Å². The Kier molecular flexibility index (Phi) is 6.10. The van der Waals surface area contributed by atoms with E-state index in [-0.39, 0.29) is 23.3 Å². The fourth-order valence-corrected chi connectivity index (χ4v) is 4.24. The van der Waals surface area contributed by atoms with Crippen LogP contribution in [0.5, 0.6) is 0 Å². The van der Waals surface area contributed by atoms with Gasteiger partial charge in [0.1, 0.15) is 0 Å². The van der Waals surface area contributed by atoms with Gasteiger partial charge in [-0.3, -0.25) is 9.69 Å². The predicted octanol–water partition coefficient (Wildman–Crippen LogP) is 4.73. The molecule has 0 bridgehead atoms. The van der Waals surface area contributed by atoms with Gasteiger partial charge in [-0.1, -0.05) is 17.3 Å². The van der Waals surface area contributed by atoms with Crippen molar-refractivity contribution in [1.82, 2.24) is 19.9 Å². The average Bonchev–Trinajstić information content (AvgIpc) is 3.40. The van der Waals surface area contributed by atoms with Crippen LogP contribution < -0.4 is 0 Å². The average molecular weight is 450 g/mol. The van der Waals surface area contributed by atoms with Crippen LogP contribution in [0.2, 0.25) is 0 Å². The third-order valence-electron chi connectivity index (χ3n) is 5.38. The Morgan fingerprint density at radius 1 is 1.19 bits per heavy atom. The molecule has 0 radical (unpaired) electrons. The van der Waals surface area contributed by atoms with Crippen molar-refractivity contribution in [2.75, 3.05) is 26.2 Å². The lowest BCUT2D eigenvalue weighted by atomic mass is 10.1. The molecular weight excluding hydrogens is 429 g/mol. The van der Waals surface area contributed by atoms with Crippen molar-refractivity contribution < 1.29 is 22.5 Å². The standard InChI is InChI=1S/C21H21F3N4O2S/c1-14(27-7-3-8-28(10-9-27)20(29)16-6-11-31-13-16)19-25-18(26-30-19)15-4-2-5-17(12-15)21(22,23)24/h2,4-6,11-14H,3,7-10H2,1H3. The quantitative estimate of drug-likeness (QED) is 0.575. The number of rotatable bonds is 4. The summed E-state index contributed by atoms with van der Waals surface area (Å²) in [6.45, 7) is 4.54. The largest absolute Gasteiger partial charge is 0.416 e.